The summed E-state index contributed by atoms with van der Waals surface area (Å²) in [5.74, 6) is 0.294. The van der Waals surface area contributed by atoms with Gasteiger partial charge in [-0.25, -0.2) is 0 Å². The van der Waals surface area contributed by atoms with E-state index in [2.05, 4.69) is 30.4 Å². The summed E-state index contributed by atoms with van der Waals surface area (Å²) in [5, 5.41) is 9.19. The lowest BCUT2D eigenvalue weighted by molar-refractivity contribution is 0.475. The molecule has 0 aliphatic heterocycles. The van der Waals surface area contributed by atoms with Crippen LogP contribution in [0, 0.1) is 0 Å². The molecule has 0 saturated carbocycles. The van der Waals surface area contributed by atoms with Crippen LogP contribution in [0.4, 0.5) is 0 Å². The van der Waals surface area contributed by atoms with Crippen molar-refractivity contribution >= 4 is 12.2 Å². The summed E-state index contributed by atoms with van der Waals surface area (Å²) < 4.78 is 0. The van der Waals surface area contributed by atoms with Crippen LogP contribution in [0.2, 0.25) is 0 Å². The largest absolute Gasteiger partial charge is 0.508 e. The van der Waals surface area contributed by atoms with Crippen LogP contribution < -0.4 is 5.73 Å². The van der Waals surface area contributed by atoms with E-state index < -0.39 is 0 Å². The molecule has 0 spiro atoms. The summed E-state index contributed by atoms with van der Waals surface area (Å²) in [6, 6.07) is 15.4. The average Bonchev–Trinajstić information content (AvgIpc) is 2.49. The van der Waals surface area contributed by atoms with E-state index in [1.165, 1.54) is 5.56 Å². The SMILES string of the molecule is NCc1ccc(C=CCC=Cc2ccc(O)cc2)cc1. The van der Waals surface area contributed by atoms with E-state index in [1.54, 1.807) is 12.1 Å². The Morgan fingerprint density at radius 1 is 0.800 bits per heavy atom. The highest BCUT2D eigenvalue weighted by Crippen LogP contribution is 2.11. The van der Waals surface area contributed by atoms with E-state index in [0.717, 1.165) is 17.5 Å². The predicted molar refractivity (Wildman–Crippen MR) is 85.1 cm³/mol. The van der Waals surface area contributed by atoms with Crippen molar-refractivity contribution in [2.75, 3.05) is 0 Å². The highest BCUT2D eigenvalue weighted by atomic mass is 16.3. The molecule has 0 heterocycles. The molecule has 0 bridgehead atoms. The van der Waals surface area contributed by atoms with Crippen molar-refractivity contribution in [3.63, 3.8) is 0 Å². The molecule has 0 aliphatic carbocycles. The third-order valence-electron chi connectivity index (χ3n) is 3.00. The Morgan fingerprint density at radius 3 is 1.80 bits per heavy atom. The van der Waals surface area contributed by atoms with Crippen molar-refractivity contribution < 1.29 is 5.11 Å². The van der Waals surface area contributed by atoms with Crippen LogP contribution in [0.5, 0.6) is 5.75 Å². The van der Waals surface area contributed by atoms with Crippen molar-refractivity contribution in [2.24, 2.45) is 5.73 Å². The highest BCUT2D eigenvalue weighted by molar-refractivity contribution is 5.53. The normalized spacial score (nSPS) is 11.4. The fraction of sp³-hybridized carbons (Fsp3) is 0.111. The van der Waals surface area contributed by atoms with Crippen LogP contribution in [-0.4, -0.2) is 5.11 Å². The van der Waals surface area contributed by atoms with Gasteiger partial charge in [-0.15, -0.1) is 0 Å². The molecule has 0 saturated heterocycles. The van der Waals surface area contributed by atoms with E-state index >= 15 is 0 Å². The van der Waals surface area contributed by atoms with Gasteiger partial charge in [0, 0.05) is 6.54 Å². The molecule has 0 radical (unpaired) electrons. The second-order valence-corrected chi connectivity index (χ2v) is 4.58. The van der Waals surface area contributed by atoms with E-state index in [9.17, 15) is 5.11 Å². The molecule has 2 heteroatoms. The summed E-state index contributed by atoms with van der Waals surface area (Å²) in [6.45, 7) is 0.583. The van der Waals surface area contributed by atoms with Crippen molar-refractivity contribution in [3.8, 4) is 5.75 Å². The molecule has 2 nitrogen and oxygen atoms in total. The van der Waals surface area contributed by atoms with Crippen molar-refractivity contribution in [1.82, 2.24) is 0 Å². The zero-order valence-corrected chi connectivity index (χ0v) is 11.4. The van der Waals surface area contributed by atoms with Gasteiger partial charge in [-0.05, 0) is 35.2 Å². The second-order valence-electron chi connectivity index (χ2n) is 4.58. The first-order valence-corrected chi connectivity index (χ1v) is 6.69. The van der Waals surface area contributed by atoms with Crippen molar-refractivity contribution in [3.05, 3.63) is 77.4 Å². The number of hydrogen-bond acceptors (Lipinski definition) is 2. The fourth-order valence-corrected chi connectivity index (χ4v) is 1.84. The number of hydrogen-bond donors (Lipinski definition) is 2. The monoisotopic (exact) mass is 265 g/mol. The number of phenols is 1. The van der Waals surface area contributed by atoms with Gasteiger partial charge in [-0.3, -0.25) is 0 Å². The molecule has 0 atom stereocenters. The van der Waals surface area contributed by atoms with E-state index in [-0.39, 0.29) is 0 Å². The minimum atomic E-state index is 0.294. The number of allylic oxidation sites excluding steroid dienone is 2. The highest BCUT2D eigenvalue weighted by Gasteiger charge is 1.89. The Kier molecular flexibility index (Phi) is 5.15. The fourth-order valence-electron chi connectivity index (χ4n) is 1.84. The molecule has 102 valence electrons. The Hall–Kier alpha value is -2.32. The third kappa shape index (κ3) is 4.41. The number of rotatable bonds is 5. The maximum Gasteiger partial charge on any atom is 0.115 e. The van der Waals surface area contributed by atoms with Gasteiger partial charge in [0.1, 0.15) is 5.75 Å². The average molecular weight is 265 g/mol. The first-order chi connectivity index (χ1) is 9.78. The molecule has 20 heavy (non-hydrogen) atoms. The van der Waals surface area contributed by atoms with E-state index in [0.29, 0.717) is 12.3 Å². The third-order valence-corrected chi connectivity index (χ3v) is 3.00. The number of benzene rings is 2. The van der Waals surface area contributed by atoms with Crippen LogP contribution in [0.3, 0.4) is 0 Å². The van der Waals surface area contributed by atoms with Crippen LogP contribution in [0.25, 0.3) is 12.2 Å². The Balaban J connectivity index is 1.85. The van der Waals surface area contributed by atoms with Crippen LogP contribution in [0.15, 0.2) is 60.7 Å². The molecule has 2 aromatic carbocycles. The van der Waals surface area contributed by atoms with Gasteiger partial charge in [0.15, 0.2) is 0 Å². The zero-order valence-electron chi connectivity index (χ0n) is 11.4. The second kappa shape index (κ2) is 7.31. The molecular weight excluding hydrogens is 246 g/mol. The molecule has 0 fully saturated rings. The van der Waals surface area contributed by atoms with Gasteiger partial charge < -0.3 is 10.8 Å². The standard InChI is InChI=1S/C18H19NO/c19-14-17-8-6-15(7-9-17)4-2-1-3-5-16-10-12-18(20)13-11-16/h2-13,20H,1,14,19H2. The van der Waals surface area contributed by atoms with Gasteiger partial charge in [-0.2, -0.15) is 0 Å². The van der Waals surface area contributed by atoms with Crippen LogP contribution >= 0.6 is 0 Å². The first kappa shape index (κ1) is 14.1. The smallest absolute Gasteiger partial charge is 0.115 e. The summed E-state index contributed by atoms with van der Waals surface area (Å²) in [7, 11) is 0. The summed E-state index contributed by atoms with van der Waals surface area (Å²) >= 11 is 0. The maximum atomic E-state index is 9.19. The zero-order chi connectivity index (χ0) is 14.2. The Bertz CT molecular complexity index is 580. The molecule has 0 unspecified atom stereocenters. The maximum absolute atomic E-state index is 9.19. The van der Waals surface area contributed by atoms with Crippen molar-refractivity contribution in [2.45, 2.75) is 13.0 Å². The molecular formula is C18H19NO. The number of phenolic OH excluding ortho intramolecular Hbond substituents is 1. The molecule has 0 amide bonds. The van der Waals surface area contributed by atoms with E-state index in [1.807, 2.05) is 30.3 Å². The molecule has 3 N–H and O–H groups in total. The van der Waals surface area contributed by atoms with E-state index in [4.69, 9.17) is 5.73 Å². The van der Waals surface area contributed by atoms with Gasteiger partial charge in [-0.1, -0.05) is 60.7 Å². The molecule has 0 aliphatic rings. The minimum absolute atomic E-state index is 0.294. The Labute approximate surface area is 119 Å². The quantitative estimate of drug-likeness (QED) is 0.859. The predicted octanol–water partition coefficient (Wildman–Crippen LogP) is 3.97. The lowest BCUT2D eigenvalue weighted by Crippen LogP contribution is -1.94. The van der Waals surface area contributed by atoms with Crippen molar-refractivity contribution in [1.29, 1.82) is 0 Å². The summed E-state index contributed by atoms with van der Waals surface area (Å²) in [4.78, 5) is 0. The topological polar surface area (TPSA) is 46.2 Å². The van der Waals surface area contributed by atoms with Gasteiger partial charge in [0.2, 0.25) is 0 Å². The minimum Gasteiger partial charge on any atom is -0.508 e. The lowest BCUT2D eigenvalue weighted by Gasteiger charge is -1.97. The Morgan fingerprint density at radius 2 is 1.30 bits per heavy atom. The van der Waals surface area contributed by atoms with Gasteiger partial charge in [0.25, 0.3) is 0 Å². The molecule has 2 rings (SSSR count). The number of nitrogens with two attached hydrogens (primary N) is 1. The molecule has 0 aromatic heterocycles. The van der Waals surface area contributed by atoms with Gasteiger partial charge in [0.05, 0.1) is 0 Å². The number of aromatic hydroxyl groups is 1. The van der Waals surface area contributed by atoms with Crippen LogP contribution in [-0.2, 0) is 6.54 Å². The first-order valence-electron chi connectivity index (χ1n) is 6.69. The lowest BCUT2D eigenvalue weighted by atomic mass is 10.1. The van der Waals surface area contributed by atoms with Gasteiger partial charge >= 0.3 is 0 Å². The molecule has 2 aromatic rings. The summed E-state index contributed by atoms with van der Waals surface area (Å²) in [5.41, 5.74) is 8.98. The van der Waals surface area contributed by atoms with Crippen LogP contribution in [0.1, 0.15) is 23.1 Å². The summed E-state index contributed by atoms with van der Waals surface area (Å²) in [6.07, 6.45) is 9.23.